The lowest BCUT2D eigenvalue weighted by molar-refractivity contribution is -0.138. The van der Waals surface area contributed by atoms with E-state index in [1.165, 1.54) is 30.6 Å². The van der Waals surface area contributed by atoms with Crippen molar-refractivity contribution < 1.29 is 14.3 Å². The van der Waals surface area contributed by atoms with Gasteiger partial charge in [-0.15, -0.1) is 11.3 Å². The molecule has 1 aliphatic heterocycles. The Morgan fingerprint density at radius 2 is 1.88 bits per heavy atom. The van der Waals surface area contributed by atoms with E-state index in [1.807, 2.05) is 19.1 Å². The molecule has 4 saturated carbocycles. The molecule has 7 heteroatoms. The minimum Gasteiger partial charge on any atom is -0.463 e. The molecule has 5 aliphatic rings. The molecule has 178 valence electrons. The molecule has 0 radical (unpaired) electrons. The van der Waals surface area contributed by atoms with Crippen LogP contribution in [0, 0.1) is 23.2 Å². The summed E-state index contributed by atoms with van der Waals surface area (Å²) in [6, 6.07) is 3.82. The molecule has 0 aromatic carbocycles. The van der Waals surface area contributed by atoms with Crippen molar-refractivity contribution in [2.75, 3.05) is 17.7 Å². The van der Waals surface area contributed by atoms with Gasteiger partial charge in [0.25, 0.3) is 0 Å². The molecule has 2 aromatic heterocycles. The van der Waals surface area contributed by atoms with Gasteiger partial charge in [-0.05, 0) is 81.8 Å². The Kier molecular flexibility index (Phi) is 5.10. The zero-order valence-electron chi connectivity index (χ0n) is 19.7. The van der Waals surface area contributed by atoms with Crippen LogP contribution < -0.4 is 11.1 Å². The number of aromatic nitrogens is 1. The molecule has 2 aromatic rings. The summed E-state index contributed by atoms with van der Waals surface area (Å²) in [7, 11) is 0. The lowest BCUT2D eigenvalue weighted by Gasteiger charge is -2.55. The van der Waals surface area contributed by atoms with Crippen molar-refractivity contribution >= 4 is 33.8 Å². The largest absolute Gasteiger partial charge is 0.463 e. The van der Waals surface area contributed by atoms with Crippen LogP contribution in [0.2, 0.25) is 0 Å². The highest BCUT2D eigenvalue weighted by Crippen LogP contribution is 2.62. The van der Waals surface area contributed by atoms with Crippen molar-refractivity contribution in [1.82, 2.24) is 4.98 Å². The highest BCUT2D eigenvalue weighted by atomic mass is 32.1. The number of fused-ring (bicyclic) bond motifs is 1. The third kappa shape index (κ3) is 3.23. The number of nitrogens with one attached hydrogen (secondary N) is 1. The third-order valence-corrected chi connectivity index (χ3v) is 9.64. The van der Waals surface area contributed by atoms with Crippen LogP contribution in [0.4, 0.5) is 10.7 Å². The quantitative estimate of drug-likeness (QED) is 0.435. The number of ether oxygens (including phenoxy) is 1. The summed E-state index contributed by atoms with van der Waals surface area (Å²) >= 11 is 1.46. The number of pyridine rings is 1. The van der Waals surface area contributed by atoms with Crippen LogP contribution in [-0.2, 0) is 9.53 Å². The van der Waals surface area contributed by atoms with Gasteiger partial charge in [0.15, 0.2) is 5.78 Å². The van der Waals surface area contributed by atoms with Crippen LogP contribution in [0.25, 0.3) is 0 Å². The summed E-state index contributed by atoms with van der Waals surface area (Å²) in [4.78, 5) is 32.2. The van der Waals surface area contributed by atoms with Crippen molar-refractivity contribution in [2.45, 2.75) is 58.3 Å². The number of hydrogen-bond donors (Lipinski definition) is 2. The number of allylic oxidation sites excluding steroid dienone is 1. The van der Waals surface area contributed by atoms with Crippen LogP contribution in [0.15, 0.2) is 35.8 Å². The van der Waals surface area contributed by atoms with Gasteiger partial charge in [0.2, 0.25) is 0 Å². The van der Waals surface area contributed by atoms with Crippen molar-refractivity contribution in [3.8, 4) is 0 Å². The zero-order valence-corrected chi connectivity index (χ0v) is 20.5. The van der Waals surface area contributed by atoms with E-state index < -0.39 is 5.92 Å². The number of esters is 1. The van der Waals surface area contributed by atoms with Gasteiger partial charge in [-0.2, -0.15) is 0 Å². The van der Waals surface area contributed by atoms with E-state index in [-0.39, 0.29) is 23.8 Å². The molecule has 0 saturated heterocycles. The van der Waals surface area contributed by atoms with Crippen LogP contribution in [0.1, 0.15) is 79.1 Å². The maximum absolute atomic E-state index is 14.2. The van der Waals surface area contributed by atoms with Crippen LogP contribution >= 0.6 is 11.3 Å². The fourth-order valence-electron chi connectivity index (χ4n) is 7.59. The Balaban J connectivity index is 1.45. The smallest absolute Gasteiger partial charge is 0.336 e. The number of nitrogens with zero attached hydrogens (tertiary/aromatic N) is 1. The van der Waals surface area contributed by atoms with Gasteiger partial charge < -0.3 is 15.8 Å². The summed E-state index contributed by atoms with van der Waals surface area (Å²) in [5.74, 6) is 1.50. The fraction of sp³-hybridized carbons (Fsp3) is 0.519. The zero-order chi connectivity index (χ0) is 23.6. The van der Waals surface area contributed by atoms with E-state index >= 15 is 0 Å². The van der Waals surface area contributed by atoms with E-state index in [9.17, 15) is 9.59 Å². The number of nitrogens with two attached hydrogens (primary N) is 1. The fourth-order valence-corrected chi connectivity index (χ4v) is 8.87. The predicted molar refractivity (Wildman–Crippen MR) is 133 cm³/mol. The van der Waals surface area contributed by atoms with E-state index in [1.54, 1.807) is 19.3 Å². The molecule has 1 atom stereocenters. The summed E-state index contributed by atoms with van der Waals surface area (Å²) in [5, 5.41) is 4.24. The standard InChI is InChI=1S/C27H31N3O3S/c1-3-33-26(32)19-14(2)30-25-21(20(19)18-5-4-6-29-13-18)22(28)23(34-25)24(31)27-10-15-7-16(11-27)9-17(8-15)12-27/h4-6,13,15-17,20,30H,3,7-12,28H2,1-2H3. The second-order valence-electron chi connectivity index (χ2n) is 10.7. The topological polar surface area (TPSA) is 94.3 Å². The van der Waals surface area contributed by atoms with Crippen LogP contribution in [-0.4, -0.2) is 23.3 Å². The van der Waals surface area contributed by atoms with Crippen molar-refractivity contribution in [3.63, 3.8) is 0 Å². The van der Waals surface area contributed by atoms with Gasteiger partial charge in [-0.25, -0.2) is 4.79 Å². The first-order valence-corrected chi connectivity index (χ1v) is 13.2. The number of carbonyl (C=O) groups excluding carboxylic acids is 2. The molecular formula is C27H31N3O3S. The van der Waals surface area contributed by atoms with Gasteiger partial charge in [-0.3, -0.25) is 9.78 Å². The summed E-state index contributed by atoms with van der Waals surface area (Å²) in [6.07, 6.45) is 10.4. The maximum atomic E-state index is 14.2. The van der Waals surface area contributed by atoms with Crippen molar-refractivity contribution in [3.05, 3.63) is 51.8 Å². The molecular weight excluding hydrogens is 446 g/mol. The molecule has 1 unspecified atom stereocenters. The molecule has 3 heterocycles. The summed E-state index contributed by atoms with van der Waals surface area (Å²) < 4.78 is 5.42. The first-order valence-electron chi connectivity index (χ1n) is 12.4. The molecule has 34 heavy (non-hydrogen) atoms. The van der Waals surface area contributed by atoms with Gasteiger partial charge in [0, 0.05) is 35.0 Å². The predicted octanol–water partition coefficient (Wildman–Crippen LogP) is 5.52. The number of nitrogen functional groups attached to an aromatic ring is 1. The van der Waals surface area contributed by atoms with Gasteiger partial charge in [-0.1, -0.05) is 6.07 Å². The first-order chi connectivity index (χ1) is 16.4. The SMILES string of the molecule is CCOC(=O)C1=C(C)Nc2sc(C(=O)C34CC5CC(CC(C5)C3)C4)c(N)c2C1c1cccnc1. The molecule has 4 fully saturated rings. The average Bonchev–Trinajstić information content (AvgIpc) is 3.13. The first kappa shape index (κ1) is 21.8. The van der Waals surface area contributed by atoms with Crippen molar-refractivity contribution in [1.29, 1.82) is 0 Å². The molecule has 0 spiro atoms. The third-order valence-electron chi connectivity index (χ3n) is 8.51. The van der Waals surface area contributed by atoms with Crippen LogP contribution in [0.5, 0.6) is 0 Å². The van der Waals surface area contributed by atoms with Gasteiger partial charge >= 0.3 is 5.97 Å². The number of carbonyl (C=O) groups is 2. The van der Waals surface area contributed by atoms with Crippen molar-refractivity contribution in [2.24, 2.45) is 23.2 Å². The molecule has 4 aliphatic carbocycles. The normalized spacial score (nSPS) is 31.2. The highest BCUT2D eigenvalue weighted by Gasteiger charge is 2.55. The van der Waals surface area contributed by atoms with Gasteiger partial charge in [0.05, 0.1) is 27.7 Å². The minimum absolute atomic E-state index is 0.227. The Bertz CT molecular complexity index is 1160. The molecule has 4 bridgehead atoms. The van der Waals surface area contributed by atoms with Gasteiger partial charge in [0.1, 0.15) is 0 Å². The number of anilines is 2. The van der Waals surface area contributed by atoms with E-state index in [0.29, 0.717) is 33.9 Å². The lowest BCUT2D eigenvalue weighted by Crippen LogP contribution is -2.50. The summed E-state index contributed by atoms with van der Waals surface area (Å²) in [5.41, 5.74) is 9.99. The number of Topliss-reactive ketones (excluding diaryl/α,β-unsaturated/α-hetero) is 1. The highest BCUT2D eigenvalue weighted by molar-refractivity contribution is 7.19. The second-order valence-corrected chi connectivity index (χ2v) is 11.7. The van der Waals surface area contributed by atoms with Crippen LogP contribution in [0.3, 0.4) is 0 Å². The number of thiophene rings is 1. The van der Waals surface area contributed by atoms with E-state index in [4.69, 9.17) is 10.5 Å². The Hall–Kier alpha value is -2.67. The Morgan fingerprint density at radius 1 is 1.21 bits per heavy atom. The number of rotatable bonds is 5. The van der Waals surface area contributed by atoms with E-state index in [0.717, 1.165) is 41.1 Å². The lowest BCUT2D eigenvalue weighted by atomic mass is 9.48. The monoisotopic (exact) mass is 477 g/mol. The molecule has 7 rings (SSSR count). The molecule has 0 amide bonds. The molecule has 6 nitrogen and oxygen atoms in total. The minimum atomic E-state index is -0.418. The Labute approximate surface area is 204 Å². The van der Waals surface area contributed by atoms with E-state index in [2.05, 4.69) is 10.3 Å². The molecule has 3 N–H and O–H groups in total. The Morgan fingerprint density at radius 3 is 2.47 bits per heavy atom. The number of ketones is 1. The second kappa shape index (κ2) is 7.94. The maximum Gasteiger partial charge on any atom is 0.336 e. The average molecular weight is 478 g/mol. The summed E-state index contributed by atoms with van der Waals surface area (Å²) in [6.45, 7) is 3.97. The number of hydrogen-bond acceptors (Lipinski definition) is 7.